The molecular formula is C8H12O3. The van der Waals surface area contributed by atoms with Gasteiger partial charge in [0.25, 0.3) is 0 Å². The molecular weight excluding hydrogens is 144 g/mol. The van der Waals surface area contributed by atoms with Gasteiger partial charge in [0.05, 0.1) is 5.92 Å². The zero-order valence-electron chi connectivity index (χ0n) is 6.32. The van der Waals surface area contributed by atoms with Crippen molar-refractivity contribution in [1.82, 2.24) is 0 Å². The van der Waals surface area contributed by atoms with Crippen LogP contribution in [0, 0.1) is 11.8 Å². The first kappa shape index (κ1) is 8.24. The van der Waals surface area contributed by atoms with E-state index in [9.17, 15) is 9.59 Å². The molecule has 0 aliphatic heterocycles. The summed E-state index contributed by atoms with van der Waals surface area (Å²) in [5, 5.41) is 8.69. The number of aldehydes is 1. The Morgan fingerprint density at radius 1 is 1.64 bits per heavy atom. The van der Waals surface area contributed by atoms with Crippen molar-refractivity contribution in [1.29, 1.82) is 0 Å². The SMILES string of the molecule is O=CCCC(C(=O)O)C1CC1. The van der Waals surface area contributed by atoms with E-state index in [1.165, 1.54) is 0 Å². The number of carbonyl (C=O) groups excluding carboxylic acids is 1. The lowest BCUT2D eigenvalue weighted by atomic mass is 9.99. The Labute approximate surface area is 65.4 Å². The normalized spacial score (nSPS) is 19.3. The molecule has 1 N–H and O–H groups in total. The molecule has 0 spiro atoms. The fourth-order valence-corrected chi connectivity index (χ4v) is 1.31. The van der Waals surface area contributed by atoms with Gasteiger partial charge < -0.3 is 9.90 Å². The molecule has 0 amide bonds. The lowest BCUT2D eigenvalue weighted by molar-refractivity contribution is -0.142. The van der Waals surface area contributed by atoms with E-state index >= 15 is 0 Å². The van der Waals surface area contributed by atoms with Crippen molar-refractivity contribution in [3.63, 3.8) is 0 Å². The molecule has 0 aromatic rings. The first-order chi connectivity index (χ1) is 5.25. The maximum atomic E-state index is 10.6. The quantitative estimate of drug-likeness (QED) is 0.606. The highest BCUT2D eigenvalue weighted by Crippen LogP contribution is 2.38. The summed E-state index contributed by atoms with van der Waals surface area (Å²) < 4.78 is 0. The predicted octanol–water partition coefficient (Wildman–Crippen LogP) is 1.08. The van der Waals surface area contributed by atoms with E-state index in [-0.39, 0.29) is 5.92 Å². The van der Waals surface area contributed by atoms with E-state index in [4.69, 9.17) is 5.11 Å². The van der Waals surface area contributed by atoms with Gasteiger partial charge in [0, 0.05) is 6.42 Å². The predicted molar refractivity (Wildman–Crippen MR) is 39.1 cm³/mol. The molecule has 1 aliphatic carbocycles. The summed E-state index contributed by atoms with van der Waals surface area (Å²) in [7, 11) is 0. The van der Waals surface area contributed by atoms with Gasteiger partial charge in [0.1, 0.15) is 6.29 Å². The first-order valence-electron chi connectivity index (χ1n) is 3.92. The number of hydrogen-bond acceptors (Lipinski definition) is 2. The summed E-state index contributed by atoms with van der Waals surface area (Å²) in [6.45, 7) is 0. The zero-order chi connectivity index (χ0) is 8.27. The third-order valence-electron chi connectivity index (χ3n) is 2.10. The van der Waals surface area contributed by atoms with Crippen molar-refractivity contribution in [3.05, 3.63) is 0 Å². The summed E-state index contributed by atoms with van der Waals surface area (Å²) in [6, 6.07) is 0. The first-order valence-corrected chi connectivity index (χ1v) is 3.92. The standard InChI is InChI=1S/C8H12O3/c9-5-1-2-7(8(10)11)6-3-4-6/h5-7H,1-4H2,(H,10,11). The second kappa shape index (κ2) is 3.51. The van der Waals surface area contributed by atoms with Crippen LogP contribution in [0.25, 0.3) is 0 Å². The van der Waals surface area contributed by atoms with Crippen molar-refractivity contribution < 1.29 is 14.7 Å². The van der Waals surface area contributed by atoms with Crippen LogP contribution in [-0.2, 0) is 9.59 Å². The van der Waals surface area contributed by atoms with Gasteiger partial charge >= 0.3 is 5.97 Å². The number of carboxylic acids is 1. The van der Waals surface area contributed by atoms with Crippen LogP contribution in [0.2, 0.25) is 0 Å². The summed E-state index contributed by atoms with van der Waals surface area (Å²) in [5.41, 5.74) is 0. The van der Waals surface area contributed by atoms with Crippen molar-refractivity contribution >= 4 is 12.3 Å². The Hall–Kier alpha value is -0.860. The molecule has 11 heavy (non-hydrogen) atoms. The highest BCUT2D eigenvalue weighted by molar-refractivity contribution is 5.71. The molecule has 1 aliphatic rings. The molecule has 0 heterocycles. The fraction of sp³-hybridized carbons (Fsp3) is 0.750. The average Bonchev–Trinajstić information content (AvgIpc) is 2.71. The van der Waals surface area contributed by atoms with Crippen LogP contribution in [0.3, 0.4) is 0 Å². The van der Waals surface area contributed by atoms with Crippen molar-refractivity contribution in [2.24, 2.45) is 11.8 Å². The molecule has 0 radical (unpaired) electrons. The largest absolute Gasteiger partial charge is 0.481 e. The Balaban J connectivity index is 2.32. The number of carboxylic acid groups (broad SMARTS) is 1. The molecule has 0 saturated heterocycles. The minimum Gasteiger partial charge on any atom is -0.481 e. The second-order valence-electron chi connectivity index (χ2n) is 3.03. The summed E-state index contributed by atoms with van der Waals surface area (Å²) in [5.74, 6) is -0.651. The molecule has 1 saturated carbocycles. The zero-order valence-corrected chi connectivity index (χ0v) is 6.32. The number of rotatable bonds is 5. The Morgan fingerprint density at radius 3 is 2.64 bits per heavy atom. The molecule has 1 fully saturated rings. The van der Waals surface area contributed by atoms with Gasteiger partial charge in [-0.05, 0) is 25.2 Å². The molecule has 0 aromatic heterocycles. The molecule has 1 unspecified atom stereocenters. The van der Waals surface area contributed by atoms with Gasteiger partial charge in [-0.3, -0.25) is 4.79 Å². The highest BCUT2D eigenvalue weighted by atomic mass is 16.4. The van der Waals surface area contributed by atoms with Gasteiger partial charge in [-0.25, -0.2) is 0 Å². The third-order valence-corrected chi connectivity index (χ3v) is 2.10. The van der Waals surface area contributed by atoms with Crippen LogP contribution in [0.1, 0.15) is 25.7 Å². The third kappa shape index (κ3) is 2.33. The Kier molecular flexibility index (Phi) is 2.63. The van der Waals surface area contributed by atoms with Gasteiger partial charge in [0.2, 0.25) is 0 Å². The van der Waals surface area contributed by atoms with Crippen molar-refractivity contribution in [3.8, 4) is 0 Å². The number of aliphatic carboxylic acids is 1. The van der Waals surface area contributed by atoms with Crippen LogP contribution in [0.4, 0.5) is 0 Å². The summed E-state index contributed by atoms with van der Waals surface area (Å²) >= 11 is 0. The summed E-state index contributed by atoms with van der Waals surface area (Å²) in [4.78, 5) is 20.6. The van der Waals surface area contributed by atoms with Crippen LogP contribution < -0.4 is 0 Å². The molecule has 3 heteroatoms. The Bertz CT molecular complexity index is 161. The van der Waals surface area contributed by atoms with E-state index in [1.54, 1.807) is 0 Å². The minimum atomic E-state index is -0.741. The summed E-state index contributed by atoms with van der Waals surface area (Å²) in [6.07, 6.45) is 3.74. The smallest absolute Gasteiger partial charge is 0.306 e. The van der Waals surface area contributed by atoms with E-state index < -0.39 is 5.97 Å². The topological polar surface area (TPSA) is 54.4 Å². The molecule has 3 nitrogen and oxygen atoms in total. The van der Waals surface area contributed by atoms with Crippen LogP contribution in [-0.4, -0.2) is 17.4 Å². The van der Waals surface area contributed by atoms with Crippen LogP contribution in [0.5, 0.6) is 0 Å². The monoisotopic (exact) mass is 156 g/mol. The fourth-order valence-electron chi connectivity index (χ4n) is 1.31. The van der Waals surface area contributed by atoms with Crippen molar-refractivity contribution in [2.45, 2.75) is 25.7 Å². The van der Waals surface area contributed by atoms with Crippen LogP contribution in [0.15, 0.2) is 0 Å². The maximum absolute atomic E-state index is 10.6. The number of carbonyl (C=O) groups is 2. The maximum Gasteiger partial charge on any atom is 0.306 e. The van der Waals surface area contributed by atoms with E-state index in [0.717, 1.165) is 19.1 Å². The molecule has 0 bridgehead atoms. The molecule has 0 aromatic carbocycles. The van der Waals surface area contributed by atoms with Gasteiger partial charge in [-0.1, -0.05) is 0 Å². The second-order valence-corrected chi connectivity index (χ2v) is 3.03. The van der Waals surface area contributed by atoms with Crippen LogP contribution >= 0.6 is 0 Å². The average molecular weight is 156 g/mol. The van der Waals surface area contributed by atoms with Gasteiger partial charge in [0.15, 0.2) is 0 Å². The van der Waals surface area contributed by atoms with E-state index in [0.29, 0.717) is 18.8 Å². The minimum absolute atomic E-state index is 0.264. The lowest BCUT2D eigenvalue weighted by Crippen LogP contribution is -2.15. The molecule has 62 valence electrons. The van der Waals surface area contributed by atoms with Gasteiger partial charge in [-0.2, -0.15) is 0 Å². The Morgan fingerprint density at radius 2 is 2.27 bits per heavy atom. The van der Waals surface area contributed by atoms with Crippen molar-refractivity contribution in [2.75, 3.05) is 0 Å². The van der Waals surface area contributed by atoms with E-state index in [1.807, 2.05) is 0 Å². The highest BCUT2D eigenvalue weighted by Gasteiger charge is 2.35. The number of hydrogen-bond donors (Lipinski definition) is 1. The van der Waals surface area contributed by atoms with Gasteiger partial charge in [-0.15, -0.1) is 0 Å². The van der Waals surface area contributed by atoms with E-state index in [2.05, 4.69) is 0 Å². The molecule has 1 atom stereocenters. The molecule has 1 rings (SSSR count). The lowest BCUT2D eigenvalue weighted by Gasteiger charge is -2.07.